The molecule has 1 fully saturated rings. The van der Waals surface area contributed by atoms with E-state index in [1.807, 2.05) is 29.2 Å². The van der Waals surface area contributed by atoms with Crippen LogP contribution in [0.3, 0.4) is 0 Å². The number of nitrogens with zero attached hydrogens (tertiary/aromatic N) is 1. The fraction of sp³-hybridized carbons (Fsp3) is 0.533. The van der Waals surface area contributed by atoms with Gasteiger partial charge in [0.15, 0.2) is 0 Å². The Balaban J connectivity index is 2.04. The summed E-state index contributed by atoms with van der Waals surface area (Å²) in [6.07, 6.45) is 3.80. The van der Waals surface area contributed by atoms with Gasteiger partial charge in [0.1, 0.15) is 5.75 Å². The Morgan fingerprint density at radius 3 is 2.72 bits per heavy atom. The number of carbonyl (C=O) groups is 1. The van der Waals surface area contributed by atoms with Crippen LogP contribution < -0.4 is 4.74 Å². The van der Waals surface area contributed by atoms with Gasteiger partial charge in [0.25, 0.3) is 0 Å². The van der Waals surface area contributed by atoms with Gasteiger partial charge >= 0.3 is 0 Å². The summed E-state index contributed by atoms with van der Waals surface area (Å²) in [6, 6.07) is 8.24. The van der Waals surface area contributed by atoms with Crippen molar-refractivity contribution < 1.29 is 9.53 Å². The molecule has 0 saturated heterocycles. The lowest BCUT2D eigenvalue weighted by Gasteiger charge is -2.22. The lowest BCUT2D eigenvalue weighted by Crippen LogP contribution is -2.35. The molecule has 0 bridgehead atoms. The van der Waals surface area contributed by atoms with Crippen LogP contribution >= 0.6 is 0 Å². The highest BCUT2D eigenvalue weighted by atomic mass is 16.5. The molecule has 0 aliphatic heterocycles. The smallest absolute Gasteiger partial charge is 0.227 e. The van der Waals surface area contributed by atoms with Crippen LogP contribution in [0.25, 0.3) is 0 Å². The first-order chi connectivity index (χ1) is 8.76. The maximum absolute atomic E-state index is 12.3. The van der Waals surface area contributed by atoms with Crippen LogP contribution in [-0.2, 0) is 11.2 Å². The number of hydrogen-bond donors (Lipinski definition) is 0. The summed E-state index contributed by atoms with van der Waals surface area (Å²) < 4.78 is 5.29. The van der Waals surface area contributed by atoms with Crippen LogP contribution in [-0.4, -0.2) is 30.5 Å². The number of para-hydroxylation sites is 1. The summed E-state index contributed by atoms with van der Waals surface area (Å²) in [5.41, 5.74) is 0.978. The molecule has 0 unspecified atom stereocenters. The van der Waals surface area contributed by atoms with Crippen LogP contribution in [0.2, 0.25) is 0 Å². The molecule has 0 radical (unpaired) electrons. The second-order valence-electron chi connectivity index (χ2n) is 4.81. The molecular weight excluding hydrogens is 226 g/mol. The van der Waals surface area contributed by atoms with Crippen molar-refractivity contribution >= 4 is 5.91 Å². The van der Waals surface area contributed by atoms with Gasteiger partial charge in [0.05, 0.1) is 13.5 Å². The highest BCUT2D eigenvalue weighted by Gasteiger charge is 2.31. The molecule has 0 atom stereocenters. The van der Waals surface area contributed by atoms with Crippen molar-refractivity contribution in [2.75, 3.05) is 13.7 Å². The van der Waals surface area contributed by atoms with Crippen LogP contribution in [0.5, 0.6) is 5.75 Å². The third-order valence-corrected chi connectivity index (χ3v) is 3.31. The molecule has 2 rings (SSSR count). The topological polar surface area (TPSA) is 29.5 Å². The molecule has 3 nitrogen and oxygen atoms in total. The van der Waals surface area contributed by atoms with Gasteiger partial charge < -0.3 is 9.64 Å². The van der Waals surface area contributed by atoms with Gasteiger partial charge in [-0.1, -0.05) is 25.1 Å². The molecule has 1 saturated carbocycles. The zero-order valence-electron chi connectivity index (χ0n) is 11.2. The lowest BCUT2D eigenvalue weighted by molar-refractivity contribution is -0.131. The minimum Gasteiger partial charge on any atom is -0.496 e. The fourth-order valence-electron chi connectivity index (χ4n) is 2.25. The number of amides is 1. The molecule has 0 heterocycles. The molecule has 1 amide bonds. The Labute approximate surface area is 109 Å². The molecule has 1 aliphatic rings. The summed E-state index contributed by atoms with van der Waals surface area (Å²) in [4.78, 5) is 14.4. The minimum absolute atomic E-state index is 0.226. The van der Waals surface area contributed by atoms with E-state index in [0.717, 1.165) is 37.1 Å². The quantitative estimate of drug-likeness (QED) is 0.773. The Bertz CT molecular complexity index is 413. The fourth-order valence-corrected chi connectivity index (χ4v) is 2.25. The Hall–Kier alpha value is -1.51. The molecule has 0 aromatic heterocycles. The predicted octanol–water partition coefficient (Wildman–Crippen LogP) is 2.64. The summed E-state index contributed by atoms with van der Waals surface area (Å²) in [7, 11) is 1.65. The van der Waals surface area contributed by atoms with Gasteiger partial charge in [-0.15, -0.1) is 0 Å². The molecule has 98 valence electrons. The van der Waals surface area contributed by atoms with Crippen LogP contribution in [0.1, 0.15) is 31.7 Å². The second-order valence-corrected chi connectivity index (χ2v) is 4.81. The molecule has 1 aliphatic carbocycles. The minimum atomic E-state index is 0.226. The SMILES string of the molecule is CCCN(C(=O)Cc1ccccc1OC)C1CC1. The van der Waals surface area contributed by atoms with E-state index < -0.39 is 0 Å². The van der Waals surface area contributed by atoms with E-state index in [1.165, 1.54) is 0 Å². The highest BCUT2D eigenvalue weighted by Crippen LogP contribution is 2.28. The van der Waals surface area contributed by atoms with Crippen molar-refractivity contribution in [3.63, 3.8) is 0 Å². The monoisotopic (exact) mass is 247 g/mol. The highest BCUT2D eigenvalue weighted by molar-refractivity contribution is 5.80. The lowest BCUT2D eigenvalue weighted by atomic mass is 10.1. The van der Waals surface area contributed by atoms with Crippen molar-refractivity contribution in [3.8, 4) is 5.75 Å². The molecule has 3 heteroatoms. The Morgan fingerprint density at radius 1 is 1.39 bits per heavy atom. The van der Waals surface area contributed by atoms with E-state index in [4.69, 9.17) is 4.74 Å². The maximum Gasteiger partial charge on any atom is 0.227 e. The summed E-state index contributed by atoms with van der Waals surface area (Å²) in [6.45, 7) is 2.99. The van der Waals surface area contributed by atoms with Crippen molar-refractivity contribution in [1.82, 2.24) is 4.90 Å². The number of methoxy groups -OCH3 is 1. The molecule has 0 spiro atoms. The first kappa shape index (κ1) is 12.9. The largest absolute Gasteiger partial charge is 0.496 e. The van der Waals surface area contributed by atoms with Gasteiger partial charge in [-0.2, -0.15) is 0 Å². The third-order valence-electron chi connectivity index (χ3n) is 3.31. The number of hydrogen-bond acceptors (Lipinski definition) is 2. The molecule has 0 N–H and O–H groups in total. The number of benzene rings is 1. The summed E-state index contributed by atoms with van der Waals surface area (Å²) in [5, 5.41) is 0. The van der Waals surface area contributed by atoms with E-state index >= 15 is 0 Å². The number of ether oxygens (including phenoxy) is 1. The van der Waals surface area contributed by atoms with Gasteiger partial charge in [-0.3, -0.25) is 4.79 Å². The molecular formula is C15H21NO2. The predicted molar refractivity (Wildman–Crippen MR) is 71.7 cm³/mol. The van der Waals surface area contributed by atoms with E-state index in [-0.39, 0.29) is 5.91 Å². The van der Waals surface area contributed by atoms with Gasteiger partial charge in [0, 0.05) is 18.2 Å². The van der Waals surface area contributed by atoms with Crippen molar-refractivity contribution in [2.24, 2.45) is 0 Å². The number of rotatable bonds is 6. The van der Waals surface area contributed by atoms with Gasteiger partial charge in [-0.05, 0) is 25.3 Å². The zero-order chi connectivity index (χ0) is 13.0. The van der Waals surface area contributed by atoms with Crippen molar-refractivity contribution in [1.29, 1.82) is 0 Å². The summed E-state index contributed by atoms with van der Waals surface area (Å²) >= 11 is 0. The van der Waals surface area contributed by atoms with Crippen molar-refractivity contribution in [3.05, 3.63) is 29.8 Å². The first-order valence-corrected chi connectivity index (χ1v) is 6.67. The van der Waals surface area contributed by atoms with Gasteiger partial charge in [-0.25, -0.2) is 0 Å². The third kappa shape index (κ3) is 3.03. The normalized spacial score (nSPS) is 14.3. The van der Waals surface area contributed by atoms with E-state index in [1.54, 1.807) is 7.11 Å². The van der Waals surface area contributed by atoms with Crippen LogP contribution in [0, 0.1) is 0 Å². The maximum atomic E-state index is 12.3. The Morgan fingerprint density at radius 2 is 2.11 bits per heavy atom. The average molecular weight is 247 g/mol. The second kappa shape index (κ2) is 5.89. The Kier molecular flexibility index (Phi) is 4.24. The van der Waals surface area contributed by atoms with Crippen LogP contribution in [0.4, 0.5) is 0 Å². The molecule has 1 aromatic carbocycles. The van der Waals surface area contributed by atoms with E-state index in [9.17, 15) is 4.79 Å². The van der Waals surface area contributed by atoms with E-state index in [2.05, 4.69) is 6.92 Å². The molecule has 18 heavy (non-hydrogen) atoms. The van der Waals surface area contributed by atoms with Gasteiger partial charge in [0.2, 0.25) is 5.91 Å². The zero-order valence-corrected chi connectivity index (χ0v) is 11.2. The number of carbonyl (C=O) groups excluding carboxylic acids is 1. The first-order valence-electron chi connectivity index (χ1n) is 6.67. The van der Waals surface area contributed by atoms with Crippen molar-refractivity contribution in [2.45, 2.75) is 38.6 Å². The average Bonchev–Trinajstić information content (AvgIpc) is 3.20. The van der Waals surface area contributed by atoms with Crippen LogP contribution in [0.15, 0.2) is 24.3 Å². The summed E-state index contributed by atoms with van der Waals surface area (Å²) in [5.74, 6) is 1.03. The molecule has 1 aromatic rings. The standard InChI is InChI=1S/C15H21NO2/c1-3-10-16(13-8-9-13)15(17)11-12-6-4-5-7-14(12)18-2/h4-7,13H,3,8-11H2,1-2H3. The van der Waals surface area contributed by atoms with E-state index in [0.29, 0.717) is 12.5 Å².